The van der Waals surface area contributed by atoms with Gasteiger partial charge in [0.05, 0.1) is 0 Å². The molecule has 0 aliphatic carbocycles. The third-order valence-electron chi connectivity index (χ3n) is 3.01. The lowest BCUT2D eigenvalue weighted by molar-refractivity contribution is -0.142. The van der Waals surface area contributed by atoms with Gasteiger partial charge in [-0.3, -0.25) is 9.78 Å². The summed E-state index contributed by atoms with van der Waals surface area (Å²) in [5.41, 5.74) is 4.15. The Morgan fingerprint density at radius 3 is 2.74 bits per heavy atom. The zero-order chi connectivity index (χ0) is 14.3. The third-order valence-corrected chi connectivity index (χ3v) is 5.25. The molecule has 1 aliphatic heterocycles. The van der Waals surface area contributed by atoms with Crippen molar-refractivity contribution in [3.63, 3.8) is 0 Å². The van der Waals surface area contributed by atoms with Crippen molar-refractivity contribution in [2.24, 2.45) is 5.73 Å². The van der Waals surface area contributed by atoms with Gasteiger partial charge < -0.3 is 10.8 Å². The van der Waals surface area contributed by atoms with Gasteiger partial charge in [-0.25, -0.2) is 8.42 Å². The summed E-state index contributed by atoms with van der Waals surface area (Å²) in [6.07, 6.45) is 2.77. The Labute approximate surface area is 118 Å². The molecular weight excluding hydrogens is 338 g/mol. The first-order valence-corrected chi connectivity index (χ1v) is 7.62. The van der Waals surface area contributed by atoms with Crippen LogP contribution < -0.4 is 5.73 Å². The normalized spacial score (nSPS) is 24.5. The first kappa shape index (κ1) is 14.4. The van der Waals surface area contributed by atoms with E-state index in [0.29, 0.717) is 4.47 Å². The fourth-order valence-corrected chi connectivity index (χ4v) is 3.88. The lowest BCUT2D eigenvalue weighted by atomic mass is 10.0. The minimum Gasteiger partial charge on any atom is -0.480 e. The summed E-state index contributed by atoms with van der Waals surface area (Å²) in [6.45, 7) is -0.158. The zero-order valence-corrected chi connectivity index (χ0v) is 12.2. The Morgan fingerprint density at radius 1 is 1.53 bits per heavy atom. The van der Waals surface area contributed by atoms with Crippen LogP contribution in [0.15, 0.2) is 27.8 Å². The summed E-state index contributed by atoms with van der Waals surface area (Å²) < 4.78 is 26.2. The number of pyridine rings is 1. The van der Waals surface area contributed by atoms with Crippen molar-refractivity contribution in [3.05, 3.63) is 22.9 Å². The largest absolute Gasteiger partial charge is 0.480 e. The summed E-state index contributed by atoms with van der Waals surface area (Å²) in [5.74, 6) is -1.20. The molecule has 1 aromatic heterocycles. The van der Waals surface area contributed by atoms with Crippen LogP contribution in [0.2, 0.25) is 0 Å². The van der Waals surface area contributed by atoms with Crippen molar-refractivity contribution in [1.82, 2.24) is 9.29 Å². The summed E-state index contributed by atoms with van der Waals surface area (Å²) >= 11 is 3.14. The Balaban J connectivity index is 2.31. The standard InChI is InChI=1S/C10H12BrN3O4S/c11-7-3-8(5-13-4-7)19(17,18)14-2-1-10(12,6-14)9(15)16/h3-5H,1-2,6,12H2,(H,15,16). The van der Waals surface area contributed by atoms with E-state index in [1.54, 1.807) is 0 Å². The first-order chi connectivity index (χ1) is 8.75. The number of aromatic nitrogens is 1. The number of aliphatic carboxylic acids is 1. The molecule has 7 nitrogen and oxygen atoms in total. The Hall–Kier alpha value is -1.03. The molecule has 1 aliphatic rings. The van der Waals surface area contributed by atoms with Crippen LogP contribution in [0.5, 0.6) is 0 Å². The molecule has 104 valence electrons. The molecule has 3 N–H and O–H groups in total. The van der Waals surface area contributed by atoms with Crippen LogP contribution in [0.4, 0.5) is 0 Å². The minimum atomic E-state index is -3.77. The smallest absolute Gasteiger partial charge is 0.325 e. The van der Waals surface area contributed by atoms with Crippen LogP contribution in [-0.4, -0.2) is 47.4 Å². The second kappa shape index (κ2) is 4.82. The average molecular weight is 350 g/mol. The second-order valence-corrected chi connectivity index (χ2v) is 7.24. The Kier molecular flexibility index (Phi) is 3.65. The van der Waals surface area contributed by atoms with E-state index in [-0.39, 0.29) is 24.4 Å². The summed E-state index contributed by atoms with van der Waals surface area (Å²) in [4.78, 5) is 14.8. The van der Waals surface area contributed by atoms with Gasteiger partial charge >= 0.3 is 5.97 Å². The van der Waals surface area contributed by atoms with Crippen LogP contribution in [0.3, 0.4) is 0 Å². The van der Waals surface area contributed by atoms with Gasteiger partial charge in [-0.2, -0.15) is 4.31 Å². The van der Waals surface area contributed by atoms with Crippen molar-refractivity contribution >= 4 is 31.9 Å². The molecule has 0 bridgehead atoms. The van der Waals surface area contributed by atoms with Gasteiger partial charge in [0.2, 0.25) is 10.0 Å². The molecule has 0 spiro atoms. The topological polar surface area (TPSA) is 114 Å². The zero-order valence-electron chi connectivity index (χ0n) is 9.78. The lowest BCUT2D eigenvalue weighted by Crippen LogP contribution is -2.50. The van der Waals surface area contributed by atoms with E-state index in [1.807, 2.05) is 0 Å². The second-order valence-electron chi connectivity index (χ2n) is 4.39. The Morgan fingerprint density at radius 2 is 2.21 bits per heavy atom. The number of carboxylic acids is 1. The molecule has 1 unspecified atom stereocenters. The summed E-state index contributed by atoms with van der Waals surface area (Å²) in [7, 11) is -3.77. The van der Waals surface area contributed by atoms with Crippen molar-refractivity contribution < 1.29 is 18.3 Å². The number of halogens is 1. The van der Waals surface area contributed by atoms with Crippen LogP contribution in [0.25, 0.3) is 0 Å². The van der Waals surface area contributed by atoms with Crippen LogP contribution in [0.1, 0.15) is 6.42 Å². The van der Waals surface area contributed by atoms with Gasteiger partial charge in [0.1, 0.15) is 10.4 Å². The number of carboxylic acid groups (broad SMARTS) is 1. The molecular formula is C10H12BrN3O4S. The molecule has 0 saturated carbocycles. The predicted molar refractivity (Wildman–Crippen MR) is 69.9 cm³/mol. The highest BCUT2D eigenvalue weighted by Crippen LogP contribution is 2.26. The Bertz CT molecular complexity index is 621. The molecule has 1 saturated heterocycles. The maximum atomic E-state index is 12.3. The van der Waals surface area contributed by atoms with Crippen LogP contribution in [0, 0.1) is 0 Å². The van der Waals surface area contributed by atoms with E-state index >= 15 is 0 Å². The molecule has 0 amide bonds. The van der Waals surface area contributed by atoms with Crippen molar-refractivity contribution in [2.45, 2.75) is 16.9 Å². The highest BCUT2D eigenvalue weighted by Gasteiger charge is 2.45. The molecule has 0 aromatic carbocycles. The molecule has 1 atom stereocenters. The quantitative estimate of drug-likeness (QED) is 0.795. The van der Waals surface area contributed by atoms with Gasteiger partial charge in [-0.05, 0) is 28.4 Å². The maximum absolute atomic E-state index is 12.3. The molecule has 2 heterocycles. The van der Waals surface area contributed by atoms with Gasteiger partial charge in [-0.15, -0.1) is 0 Å². The van der Waals surface area contributed by atoms with Crippen molar-refractivity contribution in [3.8, 4) is 0 Å². The van der Waals surface area contributed by atoms with E-state index < -0.39 is 21.5 Å². The molecule has 9 heteroatoms. The van der Waals surface area contributed by atoms with E-state index in [4.69, 9.17) is 10.8 Å². The molecule has 1 aromatic rings. The highest BCUT2D eigenvalue weighted by molar-refractivity contribution is 9.10. The molecule has 19 heavy (non-hydrogen) atoms. The van der Waals surface area contributed by atoms with Gasteiger partial charge in [0, 0.05) is 30.0 Å². The number of hydrogen-bond acceptors (Lipinski definition) is 5. The average Bonchev–Trinajstić information content (AvgIpc) is 2.74. The van der Waals surface area contributed by atoms with E-state index in [9.17, 15) is 13.2 Å². The van der Waals surface area contributed by atoms with Crippen molar-refractivity contribution in [1.29, 1.82) is 0 Å². The maximum Gasteiger partial charge on any atom is 0.325 e. The highest BCUT2D eigenvalue weighted by atomic mass is 79.9. The number of rotatable bonds is 3. The molecule has 1 fully saturated rings. The number of hydrogen-bond donors (Lipinski definition) is 2. The van der Waals surface area contributed by atoms with E-state index in [1.165, 1.54) is 18.5 Å². The van der Waals surface area contributed by atoms with Gasteiger partial charge in [-0.1, -0.05) is 0 Å². The first-order valence-electron chi connectivity index (χ1n) is 5.39. The minimum absolute atomic E-state index is 0.0107. The third kappa shape index (κ3) is 2.64. The predicted octanol–water partition coefficient (Wildman–Crippen LogP) is 0.0206. The van der Waals surface area contributed by atoms with Crippen LogP contribution >= 0.6 is 15.9 Å². The number of carbonyl (C=O) groups is 1. The summed E-state index contributed by atoms with van der Waals surface area (Å²) in [5, 5.41) is 9.00. The fourth-order valence-electron chi connectivity index (χ4n) is 1.86. The number of sulfonamides is 1. The van der Waals surface area contributed by atoms with Crippen molar-refractivity contribution in [2.75, 3.05) is 13.1 Å². The van der Waals surface area contributed by atoms with Gasteiger partial charge in [0.15, 0.2) is 0 Å². The number of nitrogens with two attached hydrogens (primary N) is 1. The number of nitrogens with zero attached hydrogens (tertiary/aromatic N) is 2. The fraction of sp³-hybridized carbons (Fsp3) is 0.400. The lowest BCUT2D eigenvalue weighted by Gasteiger charge is -2.19. The molecule has 2 rings (SSSR count). The summed E-state index contributed by atoms with van der Waals surface area (Å²) in [6, 6.07) is 1.42. The SMILES string of the molecule is NC1(C(=O)O)CCN(S(=O)(=O)c2cncc(Br)c2)C1. The van der Waals surface area contributed by atoms with Gasteiger partial charge in [0.25, 0.3) is 0 Å². The van der Waals surface area contributed by atoms with E-state index in [2.05, 4.69) is 20.9 Å². The monoisotopic (exact) mass is 349 g/mol. The molecule has 0 radical (unpaired) electrons. The van der Waals surface area contributed by atoms with E-state index in [0.717, 1.165) is 4.31 Å². The van der Waals surface area contributed by atoms with Crippen LogP contribution in [-0.2, 0) is 14.8 Å².